The Morgan fingerprint density at radius 3 is 2.67 bits per heavy atom. The fourth-order valence-electron chi connectivity index (χ4n) is 1.76. The van der Waals surface area contributed by atoms with Gasteiger partial charge in [0.1, 0.15) is 0 Å². The van der Waals surface area contributed by atoms with Crippen molar-refractivity contribution in [2.24, 2.45) is 11.7 Å². The largest absolute Gasteiger partial charge is 0.481 e. The van der Waals surface area contributed by atoms with Crippen molar-refractivity contribution in [2.75, 3.05) is 11.9 Å². The smallest absolute Gasteiger partial charge is 0.303 e. The number of primary amides is 1. The van der Waals surface area contributed by atoms with Crippen molar-refractivity contribution in [3.8, 4) is 0 Å². The number of hydrogen-bond acceptors (Lipinski definition) is 5. The van der Waals surface area contributed by atoms with Crippen LogP contribution in [0.4, 0.5) is 11.4 Å². The number of nitro benzene ring substituents is 1. The summed E-state index contributed by atoms with van der Waals surface area (Å²) in [7, 11) is 0. The maximum Gasteiger partial charge on any atom is 0.303 e. The summed E-state index contributed by atoms with van der Waals surface area (Å²) >= 11 is 0. The van der Waals surface area contributed by atoms with Gasteiger partial charge in [0.2, 0.25) is 0 Å². The molecule has 0 aliphatic carbocycles. The van der Waals surface area contributed by atoms with E-state index in [4.69, 9.17) is 10.8 Å². The number of nitrogens with two attached hydrogens (primary N) is 1. The van der Waals surface area contributed by atoms with Gasteiger partial charge in [-0.25, -0.2) is 0 Å². The molecule has 1 unspecified atom stereocenters. The molecule has 1 aromatic rings. The summed E-state index contributed by atoms with van der Waals surface area (Å²) in [4.78, 5) is 31.9. The standard InChI is InChI=1S/C13H17N3O5/c1-8(2-5-12(17)18)7-15-11-4-3-9(16(20)21)6-10(11)13(14)19/h3-4,6,8,15H,2,5,7H2,1H3,(H2,14,19)(H,17,18). The SMILES string of the molecule is CC(CCC(=O)O)CNc1ccc([N+](=O)[O-])cc1C(N)=O. The Morgan fingerprint density at radius 2 is 2.14 bits per heavy atom. The lowest BCUT2D eigenvalue weighted by Gasteiger charge is -2.14. The Balaban J connectivity index is 2.76. The van der Waals surface area contributed by atoms with Crippen LogP contribution in [-0.4, -0.2) is 28.5 Å². The number of carboxylic acids is 1. The van der Waals surface area contributed by atoms with Crippen LogP contribution in [0.2, 0.25) is 0 Å². The highest BCUT2D eigenvalue weighted by molar-refractivity contribution is 5.99. The fourth-order valence-corrected chi connectivity index (χ4v) is 1.76. The first kappa shape index (κ1) is 16.4. The Hall–Kier alpha value is -2.64. The average molecular weight is 295 g/mol. The molecule has 0 spiro atoms. The van der Waals surface area contributed by atoms with E-state index >= 15 is 0 Å². The van der Waals surface area contributed by atoms with E-state index in [0.717, 1.165) is 6.07 Å². The van der Waals surface area contributed by atoms with Crippen molar-refractivity contribution < 1.29 is 19.6 Å². The molecule has 0 aliphatic heterocycles. The van der Waals surface area contributed by atoms with Gasteiger partial charge in [-0.3, -0.25) is 19.7 Å². The maximum atomic E-state index is 11.3. The third kappa shape index (κ3) is 5.09. The number of carboxylic acid groups (broad SMARTS) is 1. The molecule has 0 aromatic heterocycles. The maximum absolute atomic E-state index is 11.3. The van der Waals surface area contributed by atoms with E-state index in [1.54, 1.807) is 0 Å². The Morgan fingerprint density at radius 1 is 1.48 bits per heavy atom. The van der Waals surface area contributed by atoms with Crippen LogP contribution in [0.1, 0.15) is 30.1 Å². The van der Waals surface area contributed by atoms with Gasteiger partial charge in [0.15, 0.2) is 0 Å². The zero-order chi connectivity index (χ0) is 16.0. The Labute approximate surface area is 121 Å². The van der Waals surface area contributed by atoms with E-state index in [0.29, 0.717) is 18.7 Å². The minimum atomic E-state index is -0.866. The number of benzene rings is 1. The molecule has 21 heavy (non-hydrogen) atoms. The van der Waals surface area contributed by atoms with Crippen molar-refractivity contribution in [2.45, 2.75) is 19.8 Å². The van der Waals surface area contributed by atoms with Crippen LogP contribution in [0.3, 0.4) is 0 Å². The molecule has 0 heterocycles. The molecular weight excluding hydrogens is 278 g/mol. The van der Waals surface area contributed by atoms with Crippen molar-refractivity contribution in [3.05, 3.63) is 33.9 Å². The number of nitro groups is 1. The molecule has 1 rings (SSSR count). The van der Waals surface area contributed by atoms with Crippen molar-refractivity contribution in [3.63, 3.8) is 0 Å². The molecule has 4 N–H and O–H groups in total. The second-order valence-electron chi connectivity index (χ2n) is 4.77. The van der Waals surface area contributed by atoms with Gasteiger partial charge < -0.3 is 16.2 Å². The predicted octanol–water partition coefficient (Wildman–Crippen LogP) is 1.61. The summed E-state index contributed by atoms with van der Waals surface area (Å²) < 4.78 is 0. The number of amides is 1. The van der Waals surface area contributed by atoms with Gasteiger partial charge >= 0.3 is 5.97 Å². The minimum Gasteiger partial charge on any atom is -0.481 e. The molecule has 0 bridgehead atoms. The molecule has 0 saturated heterocycles. The van der Waals surface area contributed by atoms with Crippen LogP contribution in [0.25, 0.3) is 0 Å². The number of aliphatic carboxylic acids is 1. The molecule has 1 atom stereocenters. The third-order valence-corrected chi connectivity index (χ3v) is 2.97. The zero-order valence-corrected chi connectivity index (χ0v) is 11.5. The topological polar surface area (TPSA) is 136 Å². The Kier molecular flexibility index (Phi) is 5.65. The summed E-state index contributed by atoms with van der Waals surface area (Å²) in [5.41, 5.74) is 5.43. The van der Waals surface area contributed by atoms with Gasteiger partial charge in [0.05, 0.1) is 10.5 Å². The summed E-state index contributed by atoms with van der Waals surface area (Å²) in [6, 6.07) is 3.81. The van der Waals surface area contributed by atoms with Gasteiger partial charge in [-0.05, 0) is 18.4 Å². The summed E-state index contributed by atoms with van der Waals surface area (Å²) in [6.07, 6.45) is 0.549. The van der Waals surface area contributed by atoms with E-state index in [9.17, 15) is 19.7 Å². The second kappa shape index (κ2) is 7.22. The number of anilines is 1. The number of hydrogen-bond donors (Lipinski definition) is 3. The Bertz CT molecular complexity index is 559. The van der Waals surface area contributed by atoms with Gasteiger partial charge in [-0.15, -0.1) is 0 Å². The number of rotatable bonds is 8. The monoisotopic (exact) mass is 295 g/mol. The van der Waals surface area contributed by atoms with Gasteiger partial charge in [0.25, 0.3) is 11.6 Å². The molecule has 1 aromatic carbocycles. The van der Waals surface area contributed by atoms with Crippen LogP contribution < -0.4 is 11.1 Å². The van der Waals surface area contributed by atoms with Crippen molar-refractivity contribution >= 4 is 23.3 Å². The number of carbonyl (C=O) groups is 2. The molecule has 0 aliphatic rings. The van der Waals surface area contributed by atoms with Crippen LogP contribution in [0.5, 0.6) is 0 Å². The van der Waals surface area contributed by atoms with Gasteiger partial charge in [0, 0.05) is 30.8 Å². The van der Waals surface area contributed by atoms with E-state index in [1.807, 2.05) is 6.92 Å². The van der Waals surface area contributed by atoms with Crippen LogP contribution in [-0.2, 0) is 4.79 Å². The molecule has 0 radical (unpaired) electrons. The van der Waals surface area contributed by atoms with Crippen LogP contribution in [0, 0.1) is 16.0 Å². The summed E-state index contributed by atoms with van der Waals surface area (Å²) in [5, 5.41) is 22.2. The van der Waals surface area contributed by atoms with Gasteiger partial charge in [-0.2, -0.15) is 0 Å². The lowest BCUT2D eigenvalue weighted by atomic mass is 10.0. The molecule has 8 heteroatoms. The van der Waals surface area contributed by atoms with E-state index in [2.05, 4.69) is 5.32 Å². The average Bonchev–Trinajstić information content (AvgIpc) is 2.42. The van der Waals surface area contributed by atoms with E-state index in [-0.39, 0.29) is 23.6 Å². The molecule has 8 nitrogen and oxygen atoms in total. The highest BCUT2D eigenvalue weighted by Gasteiger charge is 2.15. The third-order valence-electron chi connectivity index (χ3n) is 2.97. The highest BCUT2D eigenvalue weighted by atomic mass is 16.6. The molecule has 114 valence electrons. The summed E-state index contributed by atoms with van der Waals surface area (Å²) in [6.45, 7) is 2.30. The van der Waals surface area contributed by atoms with Crippen molar-refractivity contribution in [1.82, 2.24) is 0 Å². The van der Waals surface area contributed by atoms with Crippen molar-refractivity contribution in [1.29, 1.82) is 0 Å². The van der Waals surface area contributed by atoms with Crippen LogP contribution in [0.15, 0.2) is 18.2 Å². The first-order valence-electron chi connectivity index (χ1n) is 6.35. The molecule has 0 saturated carbocycles. The highest BCUT2D eigenvalue weighted by Crippen LogP contribution is 2.22. The first-order valence-corrected chi connectivity index (χ1v) is 6.35. The predicted molar refractivity (Wildman–Crippen MR) is 76.1 cm³/mol. The number of carbonyl (C=O) groups excluding carboxylic acids is 1. The summed E-state index contributed by atoms with van der Waals surface area (Å²) in [5.74, 6) is -1.56. The number of nitrogens with one attached hydrogen (secondary N) is 1. The number of non-ortho nitro benzene ring substituents is 1. The fraction of sp³-hybridized carbons (Fsp3) is 0.385. The quantitative estimate of drug-likeness (QED) is 0.492. The second-order valence-corrected chi connectivity index (χ2v) is 4.77. The minimum absolute atomic E-state index is 0.0367. The van der Waals surface area contributed by atoms with Crippen LogP contribution >= 0.6 is 0 Å². The van der Waals surface area contributed by atoms with E-state index < -0.39 is 16.8 Å². The van der Waals surface area contributed by atoms with E-state index in [1.165, 1.54) is 12.1 Å². The zero-order valence-electron chi connectivity index (χ0n) is 11.5. The molecule has 1 amide bonds. The first-order chi connectivity index (χ1) is 9.81. The lowest BCUT2D eigenvalue weighted by molar-refractivity contribution is -0.384. The lowest BCUT2D eigenvalue weighted by Crippen LogP contribution is -2.18. The molecule has 0 fully saturated rings. The molecular formula is C13H17N3O5. The number of nitrogens with zero attached hydrogens (tertiary/aromatic N) is 1. The van der Waals surface area contributed by atoms with Gasteiger partial charge in [-0.1, -0.05) is 6.92 Å². The normalized spacial score (nSPS) is 11.7.